The number of carbonyl (C=O) groups is 2. The summed E-state index contributed by atoms with van der Waals surface area (Å²) in [7, 11) is 0. The van der Waals surface area contributed by atoms with Gasteiger partial charge in [0.2, 0.25) is 11.8 Å². The van der Waals surface area contributed by atoms with Gasteiger partial charge in [-0.25, -0.2) is 0 Å². The van der Waals surface area contributed by atoms with Crippen LogP contribution in [0.3, 0.4) is 0 Å². The minimum atomic E-state index is -0.368. The first kappa shape index (κ1) is 18.7. The first-order chi connectivity index (χ1) is 14.6. The molecule has 1 N–H and O–H groups in total. The van der Waals surface area contributed by atoms with Crippen molar-refractivity contribution in [2.45, 2.75) is 26.2 Å². The van der Waals surface area contributed by atoms with Crippen molar-refractivity contribution in [3.63, 3.8) is 0 Å². The summed E-state index contributed by atoms with van der Waals surface area (Å²) in [6.07, 6.45) is 2.33. The zero-order chi connectivity index (χ0) is 20.7. The minimum absolute atomic E-state index is 0.000503. The Kier molecular flexibility index (Phi) is 4.66. The SMILES string of the molecule is CCOc1ccc(NC(=O)[C@H]2CC(=O)N(c3ccc4c5c(cccc35)CC4)C2)cc1. The van der Waals surface area contributed by atoms with Gasteiger partial charge in [-0.3, -0.25) is 9.59 Å². The number of nitrogens with one attached hydrogen (secondary N) is 1. The first-order valence-corrected chi connectivity index (χ1v) is 10.5. The summed E-state index contributed by atoms with van der Waals surface area (Å²) in [5.74, 6) is 0.276. The van der Waals surface area contributed by atoms with E-state index >= 15 is 0 Å². The molecular formula is C25H24N2O3. The van der Waals surface area contributed by atoms with E-state index in [0.717, 1.165) is 29.7 Å². The summed E-state index contributed by atoms with van der Waals surface area (Å²) < 4.78 is 5.44. The molecule has 0 bridgehead atoms. The van der Waals surface area contributed by atoms with Gasteiger partial charge in [0.25, 0.3) is 0 Å². The topological polar surface area (TPSA) is 58.6 Å². The fourth-order valence-corrected chi connectivity index (χ4v) is 4.63. The van der Waals surface area contributed by atoms with E-state index in [1.54, 1.807) is 4.90 Å². The summed E-state index contributed by atoms with van der Waals surface area (Å²) >= 11 is 0. The number of anilines is 2. The Morgan fingerprint density at radius 1 is 1.07 bits per heavy atom. The molecule has 2 amide bonds. The van der Waals surface area contributed by atoms with Gasteiger partial charge in [0.15, 0.2) is 0 Å². The van der Waals surface area contributed by atoms with Crippen LogP contribution in [0.1, 0.15) is 24.5 Å². The van der Waals surface area contributed by atoms with Crippen LogP contribution in [0.4, 0.5) is 11.4 Å². The standard InChI is InChI=1S/C25H24N2O3/c1-2-30-20-11-9-19(10-12-20)26-25(29)18-14-23(28)27(15-18)22-13-8-17-7-6-16-4-3-5-21(22)24(16)17/h3-5,8-13,18H,2,6-7,14-15H2,1H3,(H,26,29)/t18-/m0/s1. The van der Waals surface area contributed by atoms with Crippen LogP contribution in [0.5, 0.6) is 5.75 Å². The molecule has 0 spiro atoms. The third-order valence-corrected chi connectivity index (χ3v) is 6.07. The van der Waals surface area contributed by atoms with E-state index in [1.807, 2.05) is 37.3 Å². The number of carbonyl (C=O) groups excluding carboxylic acids is 2. The van der Waals surface area contributed by atoms with E-state index in [1.165, 1.54) is 16.5 Å². The molecule has 0 unspecified atom stereocenters. The van der Waals surface area contributed by atoms with Crippen molar-refractivity contribution >= 4 is 34.0 Å². The van der Waals surface area contributed by atoms with Crippen LogP contribution in [0.15, 0.2) is 54.6 Å². The Hall–Kier alpha value is -3.34. The second-order valence-electron chi connectivity index (χ2n) is 7.94. The molecule has 0 radical (unpaired) electrons. The Balaban J connectivity index is 1.35. The Labute approximate surface area is 175 Å². The molecule has 1 aliphatic carbocycles. The molecule has 1 aliphatic heterocycles. The Morgan fingerprint density at radius 3 is 2.60 bits per heavy atom. The highest BCUT2D eigenvalue weighted by Gasteiger charge is 2.36. The minimum Gasteiger partial charge on any atom is -0.494 e. The number of amides is 2. The molecule has 0 saturated carbocycles. The fourth-order valence-electron chi connectivity index (χ4n) is 4.63. The lowest BCUT2D eigenvalue weighted by molar-refractivity contribution is -0.122. The van der Waals surface area contributed by atoms with Gasteiger partial charge >= 0.3 is 0 Å². The predicted molar refractivity (Wildman–Crippen MR) is 118 cm³/mol. The van der Waals surface area contributed by atoms with Crippen LogP contribution in [0.2, 0.25) is 0 Å². The highest BCUT2D eigenvalue weighted by Crippen LogP contribution is 2.38. The van der Waals surface area contributed by atoms with Crippen LogP contribution < -0.4 is 15.0 Å². The highest BCUT2D eigenvalue weighted by atomic mass is 16.5. The maximum atomic E-state index is 12.8. The number of nitrogens with zero attached hydrogens (tertiary/aromatic N) is 1. The lowest BCUT2D eigenvalue weighted by atomic mass is 10.0. The van der Waals surface area contributed by atoms with Crippen LogP contribution in [-0.4, -0.2) is 25.0 Å². The Bertz CT molecular complexity index is 1130. The van der Waals surface area contributed by atoms with Crippen LogP contribution in [0, 0.1) is 5.92 Å². The van der Waals surface area contributed by atoms with E-state index in [2.05, 4.69) is 29.6 Å². The zero-order valence-electron chi connectivity index (χ0n) is 17.0. The van der Waals surface area contributed by atoms with E-state index in [4.69, 9.17) is 4.74 Å². The van der Waals surface area contributed by atoms with Gasteiger partial charge in [0, 0.05) is 24.0 Å². The average molecular weight is 400 g/mol. The van der Waals surface area contributed by atoms with Gasteiger partial charge in [-0.05, 0) is 66.6 Å². The molecule has 5 nitrogen and oxygen atoms in total. The number of rotatable bonds is 5. The third-order valence-electron chi connectivity index (χ3n) is 6.07. The number of ether oxygens (including phenoxy) is 1. The van der Waals surface area contributed by atoms with Crippen molar-refractivity contribution in [2.75, 3.05) is 23.4 Å². The molecule has 0 aromatic heterocycles. The summed E-state index contributed by atoms with van der Waals surface area (Å²) in [6.45, 7) is 2.93. The first-order valence-electron chi connectivity index (χ1n) is 10.5. The van der Waals surface area contributed by atoms with Crippen molar-refractivity contribution in [3.8, 4) is 5.75 Å². The van der Waals surface area contributed by atoms with Gasteiger partial charge in [-0.15, -0.1) is 0 Å². The Morgan fingerprint density at radius 2 is 1.83 bits per heavy atom. The normalized spacial score (nSPS) is 17.6. The molecular weight excluding hydrogens is 376 g/mol. The quantitative estimate of drug-likeness (QED) is 0.694. The second kappa shape index (κ2) is 7.48. The molecule has 1 heterocycles. The molecule has 1 saturated heterocycles. The molecule has 1 atom stereocenters. The molecule has 3 aromatic carbocycles. The zero-order valence-corrected chi connectivity index (χ0v) is 17.0. The molecule has 5 rings (SSSR count). The van der Waals surface area contributed by atoms with Gasteiger partial charge in [-0.1, -0.05) is 24.3 Å². The summed E-state index contributed by atoms with van der Waals surface area (Å²) in [6, 6.07) is 17.8. The van der Waals surface area contributed by atoms with Crippen molar-refractivity contribution in [2.24, 2.45) is 5.92 Å². The van der Waals surface area contributed by atoms with Crippen LogP contribution >= 0.6 is 0 Å². The molecule has 5 heteroatoms. The maximum absolute atomic E-state index is 12.8. The molecule has 2 aliphatic rings. The predicted octanol–water partition coefficient (Wildman–Crippen LogP) is 4.33. The molecule has 152 valence electrons. The summed E-state index contributed by atoms with van der Waals surface area (Å²) in [4.78, 5) is 27.4. The lowest BCUT2D eigenvalue weighted by Crippen LogP contribution is -2.28. The van der Waals surface area contributed by atoms with Gasteiger partial charge in [0.1, 0.15) is 5.75 Å². The number of hydrogen-bond donors (Lipinski definition) is 1. The van der Waals surface area contributed by atoms with Gasteiger partial charge in [-0.2, -0.15) is 0 Å². The van der Waals surface area contributed by atoms with Gasteiger partial charge in [0.05, 0.1) is 18.2 Å². The molecule has 1 fully saturated rings. The van der Waals surface area contributed by atoms with Crippen molar-refractivity contribution in [1.29, 1.82) is 0 Å². The van der Waals surface area contributed by atoms with E-state index in [0.29, 0.717) is 18.8 Å². The monoisotopic (exact) mass is 400 g/mol. The second-order valence-corrected chi connectivity index (χ2v) is 7.94. The number of aryl methyl sites for hydroxylation is 2. The lowest BCUT2D eigenvalue weighted by Gasteiger charge is -2.20. The van der Waals surface area contributed by atoms with Gasteiger partial charge < -0.3 is 15.0 Å². The van der Waals surface area contributed by atoms with Crippen molar-refractivity contribution in [1.82, 2.24) is 0 Å². The van der Waals surface area contributed by atoms with E-state index in [9.17, 15) is 9.59 Å². The molecule has 30 heavy (non-hydrogen) atoms. The fraction of sp³-hybridized carbons (Fsp3) is 0.280. The number of hydrogen-bond acceptors (Lipinski definition) is 3. The van der Waals surface area contributed by atoms with Crippen molar-refractivity contribution < 1.29 is 14.3 Å². The number of benzene rings is 3. The smallest absolute Gasteiger partial charge is 0.229 e. The molecule has 3 aromatic rings. The maximum Gasteiger partial charge on any atom is 0.229 e. The third kappa shape index (κ3) is 3.20. The largest absolute Gasteiger partial charge is 0.494 e. The van der Waals surface area contributed by atoms with E-state index < -0.39 is 0 Å². The summed E-state index contributed by atoms with van der Waals surface area (Å²) in [5, 5.41) is 5.33. The van der Waals surface area contributed by atoms with Crippen LogP contribution in [0.25, 0.3) is 10.8 Å². The van der Waals surface area contributed by atoms with E-state index in [-0.39, 0.29) is 24.2 Å². The average Bonchev–Trinajstić information content (AvgIpc) is 3.35. The van der Waals surface area contributed by atoms with Crippen LogP contribution in [-0.2, 0) is 22.4 Å². The van der Waals surface area contributed by atoms with Crippen molar-refractivity contribution in [3.05, 3.63) is 65.7 Å². The highest BCUT2D eigenvalue weighted by molar-refractivity contribution is 6.09. The summed E-state index contributed by atoms with van der Waals surface area (Å²) in [5.41, 5.74) is 4.32.